The van der Waals surface area contributed by atoms with Gasteiger partial charge in [-0.25, -0.2) is 0 Å². The number of nitrogens with two attached hydrogens (primary N) is 1. The molecule has 0 amide bonds. The molecule has 0 bridgehead atoms. The minimum atomic E-state index is -4.50. The number of rotatable bonds is 3. The zero-order chi connectivity index (χ0) is 16.5. The van der Waals surface area contributed by atoms with E-state index in [2.05, 4.69) is 0 Å². The summed E-state index contributed by atoms with van der Waals surface area (Å²) in [4.78, 5) is 0. The van der Waals surface area contributed by atoms with Gasteiger partial charge in [0.25, 0.3) is 0 Å². The zero-order valence-corrected chi connectivity index (χ0v) is 13.6. The number of halogens is 6. The Bertz CT molecular complexity index is 623. The molecule has 0 radical (unpaired) electrons. The Hall–Kier alpha value is -0.680. The monoisotopic (exact) mass is 369 g/mol. The van der Waals surface area contributed by atoms with Crippen LogP contribution in [0.3, 0.4) is 0 Å². The first-order valence-electron chi connectivity index (χ1n) is 6.53. The van der Waals surface area contributed by atoms with Gasteiger partial charge in [-0.1, -0.05) is 41.4 Å². The normalized spacial score (nSPS) is 22.3. The maximum absolute atomic E-state index is 13.3. The molecule has 2 N–H and O–H groups in total. The number of allylic oxidation sites excluding steroid dienone is 4. The van der Waals surface area contributed by atoms with Crippen molar-refractivity contribution < 1.29 is 13.2 Å². The lowest BCUT2D eigenvalue weighted by molar-refractivity contribution is -0.138. The second kappa shape index (κ2) is 6.83. The van der Waals surface area contributed by atoms with E-state index in [0.29, 0.717) is 18.5 Å². The second-order valence-corrected chi connectivity index (χ2v) is 6.25. The molecule has 0 spiro atoms. The van der Waals surface area contributed by atoms with Crippen LogP contribution in [0.15, 0.2) is 40.4 Å². The van der Waals surface area contributed by atoms with E-state index in [-0.39, 0.29) is 15.6 Å². The number of hydrogen-bond acceptors (Lipinski definition) is 1. The molecule has 2 rings (SSSR count). The Labute approximate surface area is 141 Å². The Morgan fingerprint density at radius 1 is 1.18 bits per heavy atom. The zero-order valence-electron chi connectivity index (χ0n) is 11.3. The molecule has 1 nitrogen and oxygen atoms in total. The van der Waals surface area contributed by atoms with Gasteiger partial charge in [-0.05, 0) is 36.2 Å². The van der Waals surface area contributed by atoms with Gasteiger partial charge in [0.15, 0.2) is 0 Å². The molecule has 0 aliphatic heterocycles. The van der Waals surface area contributed by atoms with E-state index in [1.807, 2.05) is 0 Å². The van der Waals surface area contributed by atoms with Crippen molar-refractivity contribution in [2.45, 2.75) is 23.9 Å². The molecule has 22 heavy (non-hydrogen) atoms. The van der Waals surface area contributed by atoms with Gasteiger partial charge in [0, 0.05) is 11.0 Å². The van der Waals surface area contributed by atoms with E-state index >= 15 is 0 Å². The molecular formula is C15H13Cl3F3N. The van der Waals surface area contributed by atoms with Crippen LogP contribution in [0.2, 0.25) is 0 Å². The maximum Gasteiger partial charge on any atom is 0.416 e. The Balaban J connectivity index is 2.60. The summed E-state index contributed by atoms with van der Waals surface area (Å²) in [6.45, 7) is 0.337. The van der Waals surface area contributed by atoms with Gasteiger partial charge < -0.3 is 5.73 Å². The average molecular weight is 371 g/mol. The van der Waals surface area contributed by atoms with Gasteiger partial charge in [0.1, 0.15) is 0 Å². The van der Waals surface area contributed by atoms with Crippen molar-refractivity contribution in [2.75, 3.05) is 6.54 Å². The molecule has 0 heterocycles. The maximum atomic E-state index is 13.3. The lowest BCUT2D eigenvalue weighted by Crippen LogP contribution is -2.20. The highest BCUT2D eigenvalue weighted by Crippen LogP contribution is 2.45. The molecule has 1 aliphatic rings. The second-order valence-electron chi connectivity index (χ2n) is 4.94. The summed E-state index contributed by atoms with van der Waals surface area (Å²) in [5.74, 6) is -0.838. The largest absolute Gasteiger partial charge is 0.416 e. The van der Waals surface area contributed by atoms with E-state index < -0.39 is 23.0 Å². The molecule has 7 heteroatoms. The Kier molecular flexibility index (Phi) is 5.49. The van der Waals surface area contributed by atoms with Crippen LogP contribution in [0.4, 0.5) is 13.2 Å². The van der Waals surface area contributed by atoms with Gasteiger partial charge >= 0.3 is 6.18 Å². The van der Waals surface area contributed by atoms with Gasteiger partial charge in [-0.15, -0.1) is 11.6 Å². The third-order valence-corrected chi connectivity index (χ3v) is 4.70. The smallest absolute Gasteiger partial charge is 0.330 e. The first kappa shape index (κ1) is 17.7. The number of alkyl halides is 4. The van der Waals surface area contributed by atoms with Crippen LogP contribution in [0.1, 0.15) is 22.6 Å². The third-order valence-electron chi connectivity index (χ3n) is 3.44. The van der Waals surface area contributed by atoms with E-state index in [0.717, 1.165) is 6.07 Å². The number of hydrogen-bond donors (Lipinski definition) is 1. The highest BCUT2D eigenvalue weighted by molar-refractivity contribution is 6.41. The summed E-state index contributed by atoms with van der Waals surface area (Å²) >= 11 is 18.3. The predicted octanol–water partition coefficient (Wildman–Crippen LogP) is 5.16. The lowest BCUT2D eigenvalue weighted by Gasteiger charge is -2.27. The molecule has 2 atom stereocenters. The van der Waals surface area contributed by atoms with Gasteiger partial charge in [-0.2, -0.15) is 13.2 Å². The quantitative estimate of drug-likeness (QED) is 0.731. The van der Waals surface area contributed by atoms with Gasteiger partial charge in [0.05, 0.1) is 16.0 Å². The molecule has 1 aromatic rings. The average Bonchev–Trinajstić information content (AvgIpc) is 2.43. The van der Waals surface area contributed by atoms with Crippen LogP contribution >= 0.6 is 34.8 Å². The summed E-state index contributed by atoms with van der Waals surface area (Å²) in [6.07, 6.45) is -1.00. The highest BCUT2D eigenvalue weighted by atomic mass is 35.5. The minimum absolute atomic E-state index is 0.0194. The molecule has 0 saturated heterocycles. The molecule has 2 unspecified atom stereocenters. The standard InChI is InChI=1S/C15H13Cl3F3N/c16-11-3-4-12(17)14(18)13(11)9-7-8(5-6-22)1-2-10(9)15(19,20)21/h1-4,7,11,13H,5-6,22H2. The number of benzene rings is 1. The van der Waals surface area contributed by atoms with Crippen LogP contribution in [0, 0.1) is 0 Å². The van der Waals surface area contributed by atoms with Crippen molar-refractivity contribution in [1.82, 2.24) is 0 Å². The molecule has 1 aromatic carbocycles. The van der Waals surface area contributed by atoms with Crippen molar-refractivity contribution in [3.05, 3.63) is 57.1 Å². The van der Waals surface area contributed by atoms with Crippen LogP contribution in [-0.2, 0) is 12.6 Å². The summed E-state index contributed by atoms with van der Waals surface area (Å²) in [6, 6.07) is 3.92. The topological polar surface area (TPSA) is 26.0 Å². The Morgan fingerprint density at radius 3 is 2.45 bits per heavy atom. The summed E-state index contributed by atoms with van der Waals surface area (Å²) in [7, 11) is 0. The SMILES string of the molecule is NCCc1ccc(C(F)(F)F)c(C2C(Cl)=C(Cl)C=CC2Cl)c1. The summed E-state index contributed by atoms with van der Waals surface area (Å²) in [5, 5.41) is -0.398. The summed E-state index contributed by atoms with van der Waals surface area (Å²) in [5.41, 5.74) is 5.43. The summed E-state index contributed by atoms with van der Waals surface area (Å²) < 4.78 is 39.9. The molecular weight excluding hydrogens is 358 g/mol. The van der Waals surface area contributed by atoms with Crippen molar-refractivity contribution in [1.29, 1.82) is 0 Å². The van der Waals surface area contributed by atoms with E-state index in [1.165, 1.54) is 24.3 Å². The van der Waals surface area contributed by atoms with Crippen LogP contribution in [0.25, 0.3) is 0 Å². The molecule has 120 valence electrons. The van der Waals surface area contributed by atoms with Crippen molar-refractivity contribution in [2.24, 2.45) is 5.73 Å². The van der Waals surface area contributed by atoms with Crippen molar-refractivity contribution in [3.8, 4) is 0 Å². The molecule has 0 saturated carbocycles. The van der Waals surface area contributed by atoms with E-state index in [9.17, 15) is 13.2 Å². The van der Waals surface area contributed by atoms with Crippen LogP contribution in [0.5, 0.6) is 0 Å². The van der Waals surface area contributed by atoms with E-state index in [4.69, 9.17) is 40.5 Å². The highest BCUT2D eigenvalue weighted by Gasteiger charge is 2.38. The van der Waals surface area contributed by atoms with Crippen LogP contribution in [-0.4, -0.2) is 11.9 Å². The molecule has 0 fully saturated rings. The molecule has 0 aromatic heterocycles. The fourth-order valence-corrected chi connectivity index (χ4v) is 3.32. The predicted molar refractivity (Wildman–Crippen MR) is 84.5 cm³/mol. The fraction of sp³-hybridized carbons (Fsp3) is 0.333. The van der Waals surface area contributed by atoms with Gasteiger partial charge in [0.2, 0.25) is 0 Å². The van der Waals surface area contributed by atoms with Crippen LogP contribution < -0.4 is 5.73 Å². The van der Waals surface area contributed by atoms with E-state index in [1.54, 1.807) is 0 Å². The lowest BCUT2D eigenvalue weighted by atomic mass is 9.86. The fourth-order valence-electron chi connectivity index (χ4n) is 2.41. The third kappa shape index (κ3) is 3.62. The molecule has 1 aliphatic carbocycles. The Morgan fingerprint density at radius 2 is 1.86 bits per heavy atom. The first-order chi connectivity index (χ1) is 10.3. The first-order valence-corrected chi connectivity index (χ1v) is 7.72. The van der Waals surface area contributed by atoms with Crippen molar-refractivity contribution >= 4 is 34.8 Å². The van der Waals surface area contributed by atoms with Gasteiger partial charge in [-0.3, -0.25) is 0 Å². The van der Waals surface area contributed by atoms with Crippen molar-refractivity contribution in [3.63, 3.8) is 0 Å². The minimum Gasteiger partial charge on any atom is -0.330 e.